The summed E-state index contributed by atoms with van der Waals surface area (Å²) >= 11 is 0. The summed E-state index contributed by atoms with van der Waals surface area (Å²) in [6, 6.07) is 0. The van der Waals surface area contributed by atoms with E-state index in [1.54, 1.807) is 0 Å². The van der Waals surface area contributed by atoms with Gasteiger partial charge in [-0.3, -0.25) is 21.3 Å². The van der Waals surface area contributed by atoms with Crippen LogP contribution >= 0.6 is 0 Å². The molecule has 0 aromatic heterocycles. The van der Waals surface area contributed by atoms with Crippen LogP contribution in [0.3, 0.4) is 0 Å². The van der Waals surface area contributed by atoms with Crippen LogP contribution in [-0.2, 0) is 149 Å². The van der Waals surface area contributed by atoms with E-state index in [-0.39, 0.29) is 0 Å². The summed E-state index contributed by atoms with van der Waals surface area (Å²) in [5, 5.41) is 0. The molecule has 20 atom stereocenters. The molecule has 41 heteroatoms. The van der Waals surface area contributed by atoms with Gasteiger partial charge in [-0.05, 0) is 0 Å². The molecule has 0 radical (unpaired) electrons. The minimum absolute atomic E-state index is 0.976. The summed E-state index contributed by atoms with van der Waals surface area (Å²) < 4.78 is 289. The Morgan fingerprint density at radius 2 is 0.541 bits per heavy atom. The zero-order valence-electron chi connectivity index (χ0n) is 40.2. The van der Waals surface area contributed by atoms with Gasteiger partial charge >= 0.3 is 10.4 Å². The monoisotopic (exact) mass is 1190 g/mol. The van der Waals surface area contributed by atoms with Crippen molar-refractivity contribution >= 4 is 52.0 Å². The fourth-order valence-electron chi connectivity index (χ4n) is 8.45. The van der Waals surface area contributed by atoms with Gasteiger partial charge in [0.25, 0.3) is 0 Å². The summed E-state index contributed by atoms with van der Waals surface area (Å²) in [4.78, 5) is 0. The maximum absolute atomic E-state index is 11.9. The second-order valence-corrected chi connectivity index (χ2v) is 20.8. The standard InChI is InChI=1S/C33H60O36S5/c1-49-22-18(14(10-58-70(34,35)36)62-30(57-9)26(22)53-5)66-31-27(54-6)23(50-2)19(15(63-31)11-59-71(37,38)39)67-32-28(55-7)24(51-3)20(16(64-32)12-60-72(40,41)42)68-33-29(56-8)25(52-4)21(69-74(46,47)48)17(65-33)13-61-73(43,44)45/h14-33H,10-13H2,1-9H3,(H,34,35,36)(H,37,38,39)(H,40,41,42)(H,43,44,45)(H,46,47,48)/p-4/t14?,15?,16?,17?,18-,19-,20-,21-,22?,23?,24?,25?,26?,27?,28?,29?,30+,31-,32-,33-/m1/s1. The van der Waals surface area contributed by atoms with Crippen LogP contribution in [0.2, 0.25) is 0 Å². The zero-order valence-corrected chi connectivity index (χ0v) is 44.2. The molecule has 438 valence electrons. The highest BCUT2D eigenvalue weighted by Gasteiger charge is 2.58. The lowest BCUT2D eigenvalue weighted by atomic mass is 9.95. The molecule has 0 amide bonds. The third-order valence-electron chi connectivity index (χ3n) is 11.4. The van der Waals surface area contributed by atoms with Crippen LogP contribution in [0.5, 0.6) is 0 Å². The van der Waals surface area contributed by atoms with Crippen LogP contribution in [0.1, 0.15) is 0 Å². The highest BCUT2D eigenvalue weighted by atomic mass is 32.3. The zero-order chi connectivity index (χ0) is 55.7. The molecule has 0 aromatic carbocycles. The Morgan fingerprint density at radius 1 is 0.324 bits per heavy atom. The van der Waals surface area contributed by atoms with Gasteiger partial charge < -0.3 is 94.0 Å². The minimum Gasteiger partial charge on any atom is -0.726 e. The maximum Gasteiger partial charge on any atom is 0.397 e. The number of hydrogen-bond acceptors (Lipinski definition) is 35. The van der Waals surface area contributed by atoms with E-state index in [0.717, 1.165) is 42.7 Å². The Hall–Kier alpha value is -1.29. The van der Waals surface area contributed by atoms with Gasteiger partial charge in [0.2, 0.25) is 41.6 Å². The van der Waals surface area contributed by atoms with Crippen molar-refractivity contribution in [2.24, 2.45) is 0 Å². The van der Waals surface area contributed by atoms with E-state index < -0.39 is 201 Å². The highest BCUT2D eigenvalue weighted by molar-refractivity contribution is 7.81. The van der Waals surface area contributed by atoms with E-state index in [1.165, 1.54) is 21.3 Å². The molecule has 0 aromatic rings. The Bertz CT molecular complexity index is 2310. The van der Waals surface area contributed by atoms with Crippen LogP contribution < -0.4 is 0 Å². The topological polar surface area (TPSA) is 477 Å². The van der Waals surface area contributed by atoms with Crippen LogP contribution in [0.25, 0.3) is 0 Å². The molecule has 4 fully saturated rings. The predicted octanol–water partition coefficient (Wildman–Crippen LogP) is -6.10. The quantitative estimate of drug-likeness (QED) is 0.0538. The first-order valence-electron chi connectivity index (χ1n) is 20.8. The molecule has 74 heavy (non-hydrogen) atoms. The van der Waals surface area contributed by atoms with Crippen molar-refractivity contribution in [2.45, 2.75) is 123 Å². The third kappa shape index (κ3) is 18.1. The van der Waals surface area contributed by atoms with Gasteiger partial charge in [0.15, 0.2) is 25.2 Å². The molecule has 4 aliphatic heterocycles. The number of ether oxygens (including phenoxy) is 16. The first-order chi connectivity index (χ1) is 34.4. The molecule has 36 nitrogen and oxygen atoms in total. The van der Waals surface area contributed by atoms with Crippen molar-refractivity contribution in [2.75, 3.05) is 90.4 Å². The van der Waals surface area contributed by atoms with Gasteiger partial charge in [-0.2, -0.15) is 8.42 Å². The van der Waals surface area contributed by atoms with Crippen molar-refractivity contribution in [1.29, 1.82) is 0 Å². The highest BCUT2D eigenvalue weighted by Crippen LogP contribution is 2.39. The van der Waals surface area contributed by atoms with Gasteiger partial charge in [0, 0.05) is 64.0 Å². The lowest BCUT2D eigenvalue weighted by molar-refractivity contribution is -0.392. The number of hydrogen-bond donors (Lipinski definition) is 1. The maximum atomic E-state index is 11.9. The Kier molecular flexibility index (Phi) is 24.4. The second kappa shape index (κ2) is 27.7. The lowest BCUT2D eigenvalue weighted by Crippen LogP contribution is -2.68. The fourth-order valence-corrected chi connectivity index (χ4v) is 10.2. The van der Waals surface area contributed by atoms with Crippen molar-refractivity contribution in [1.82, 2.24) is 0 Å². The summed E-state index contributed by atoms with van der Waals surface area (Å²) in [5.41, 5.74) is 0. The van der Waals surface area contributed by atoms with Gasteiger partial charge in [-0.15, -0.1) is 0 Å². The van der Waals surface area contributed by atoms with Gasteiger partial charge in [0.1, 0.15) is 97.7 Å². The van der Waals surface area contributed by atoms with E-state index >= 15 is 0 Å². The summed E-state index contributed by atoms with van der Waals surface area (Å²) in [6.45, 7) is -4.79. The van der Waals surface area contributed by atoms with E-state index in [1.807, 2.05) is 0 Å². The summed E-state index contributed by atoms with van der Waals surface area (Å²) in [7, 11) is -17.5. The molecule has 12 unspecified atom stereocenters. The fraction of sp³-hybridized carbons (Fsp3) is 1.00. The van der Waals surface area contributed by atoms with Gasteiger partial charge in [-0.25, -0.2) is 37.9 Å². The molecule has 0 spiro atoms. The average Bonchev–Trinajstić information content (AvgIpc) is 3.30. The predicted molar refractivity (Wildman–Crippen MR) is 222 cm³/mol. The van der Waals surface area contributed by atoms with Crippen LogP contribution in [0, 0.1) is 0 Å². The van der Waals surface area contributed by atoms with Crippen molar-refractivity contribution < 1.29 is 162 Å². The molecule has 4 aliphatic rings. The normalized spacial score (nSPS) is 38.0. The molecular weight excluding hydrogens is 1130 g/mol. The van der Waals surface area contributed by atoms with E-state index in [2.05, 4.69) is 20.9 Å². The molecule has 1 N–H and O–H groups in total. The smallest absolute Gasteiger partial charge is 0.397 e. The van der Waals surface area contributed by atoms with E-state index in [4.69, 9.17) is 75.8 Å². The van der Waals surface area contributed by atoms with Crippen LogP contribution in [0.4, 0.5) is 0 Å². The van der Waals surface area contributed by atoms with Crippen molar-refractivity contribution in [3.8, 4) is 0 Å². The van der Waals surface area contributed by atoms with E-state index in [9.17, 15) is 64.9 Å². The van der Waals surface area contributed by atoms with Gasteiger partial charge in [-0.1, -0.05) is 0 Å². The third-order valence-corrected chi connectivity index (χ3v) is 13.6. The van der Waals surface area contributed by atoms with Gasteiger partial charge in [0.05, 0.1) is 26.4 Å². The minimum atomic E-state index is -5.59. The lowest BCUT2D eigenvalue weighted by Gasteiger charge is -2.51. The molecule has 4 saturated heterocycles. The molecule has 0 saturated carbocycles. The Balaban J connectivity index is 1.78. The Morgan fingerprint density at radius 3 is 0.757 bits per heavy atom. The van der Waals surface area contributed by atoms with Crippen LogP contribution in [0.15, 0.2) is 0 Å². The van der Waals surface area contributed by atoms with E-state index in [0.29, 0.717) is 0 Å². The summed E-state index contributed by atoms with van der Waals surface area (Å²) in [6.07, 6.45) is -33.7. The molecular formula is C33H56O36S5-4. The Labute approximate surface area is 425 Å². The molecule has 0 aliphatic carbocycles. The van der Waals surface area contributed by atoms with Crippen molar-refractivity contribution in [3.05, 3.63) is 0 Å². The molecule has 4 rings (SSSR count). The molecule has 0 bridgehead atoms. The number of methoxy groups -OCH3 is 9. The molecule has 4 heterocycles. The SMILES string of the molecule is COC1C(OC)[C@H](O[C@H]2OC(COS(=O)(=O)[O-])[C@@H](OS(=O)(=O)O)C(OC)C2OC)C(COS(=O)(=O)[O-])O[C@@H]1O[C@@H]1C(COS(=O)(=O)[O-])O[C@H](O[C@@H]2C(COS(=O)(=O)[O-])O[C@H](OC)C(OC)C2OC)C(OC)C1OC. The largest absolute Gasteiger partial charge is 0.726 e. The first-order valence-corrected chi connectivity index (χ1v) is 27.5. The number of rotatable bonds is 29. The summed E-state index contributed by atoms with van der Waals surface area (Å²) in [5.74, 6) is 0. The van der Waals surface area contributed by atoms with Crippen LogP contribution in [-0.4, -0.2) is 278 Å². The average molecular weight is 1190 g/mol. The second-order valence-electron chi connectivity index (χ2n) is 15.6. The first kappa shape index (κ1) is 65.2. The van der Waals surface area contributed by atoms with Crippen molar-refractivity contribution in [3.63, 3.8) is 0 Å².